The lowest BCUT2D eigenvalue weighted by Gasteiger charge is -2.22. The van der Waals surface area contributed by atoms with E-state index >= 15 is 0 Å². The number of esters is 1. The fourth-order valence-corrected chi connectivity index (χ4v) is 3.18. The second kappa shape index (κ2) is 13.1. The number of Topliss-reactive ketones (excluding diaryl/α,β-unsaturated/α-hetero) is 1. The zero-order chi connectivity index (χ0) is 24.2. The van der Waals surface area contributed by atoms with Gasteiger partial charge < -0.3 is 15.4 Å². The first-order valence-corrected chi connectivity index (χ1v) is 10.8. The second-order valence-corrected chi connectivity index (χ2v) is 7.96. The maximum absolute atomic E-state index is 12.6. The summed E-state index contributed by atoms with van der Waals surface area (Å²) in [6, 6.07) is 16.5. The van der Waals surface area contributed by atoms with Crippen LogP contribution >= 0.6 is 0 Å². The normalized spacial score (nSPS) is 12.5. The highest BCUT2D eigenvalue weighted by Gasteiger charge is 2.25. The monoisotopic (exact) mass is 453 g/mol. The molecule has 2 aromatic rings. The number of hydrogen-bond donors (Lipinski definition) is 3. The van der Waals surface area contributed by atoms with Crippen LogP contribution in [-0.2, 0) is 25.5 Å². The van der Waals surface area contributed by atoms with E-state index < -0.39 is 24.0 Å². The van der Waals surface area contributed by atoms with Gasteiger partial charge in [0.05, 0.1) is 20.2 Å². The van der Waals surface area contributed by atoms with Crippen LogP contribution in [-0.4, -0.2) is 55.8 Å². The Morgan fingerprint density at radius 1 is 0.879 bits per heavy atom. The largest absolute Gasteiger partial charge is 0.468 e. The van der Waals surface area contributed by atoms with Gasteiger partial charge in [0.2, 0.25) is 5.91 Å². The van der Waals surface area contributed by atoms with Gasteiger partial charge >= 0.3 is 5.97 Å². The number of carbonyl (C=O) groups is 4. The Balaban J connectivity index is 1.87. The minimum Gasteiger partial charge on any atom is -0.468 e. The van der Waals surface area contributed by atoms with Crippen molar-refractivity contribution in [3.63, 3.8) is 0 Å². The molecular formula is C25H31N3O5. The number of benzene rings is 2. The van der Waals surface area contributed by atoms with E-state index in [1.54, 1.807) is 30.3 Å². The van der Waals surface area contributed by atoms with Crippen LogP contribution in [0.2, 0.25) is 0 Å². The number of ketones is 1. The molecule has 0 radical (unpaired) electrons. The topological polar surface area (TPSA) is 114 Å². The maximum atomic E-state index is 12.6. The van der Waals surface area contributed by atoms with Gasteiger partial charge in [-0.3, -0.25) is 24.5 Å². The lowest BCUT2D eigenvalue weighted by Crippen LogP contribution is -2.51. The molecule has 0 unspecified atom stereocenters. The van der Waals surface area contributed by atoms with E-state index in [1.807, 2.05) is 44.2 Å². The van der Waals surface area contributed by atoms with Crippen molar-refractivity contribution < 1.29 is 23.9 Å². The first kappa shape index (κ1) is 25.7. The number of nitrogens with one attached hydrogen (secondary N) is 3. The molecule has 0 bridgehead atoms. The summed E-state index contributed by atoms with van der Waals surface area (Å²) in [7, 11) is 1.29. The van der Waals surface area contributed by atoms with Gasteiger partial charge in [-0.1, -0.05) is 62.4 Å². The molecule has 0 saturated heterocycles. The predicted octanol–water partition coefficient (Wildman–Crippen LogP) is 1.50. The zero-order valence-electron chi connectivity index (χ0n) is 19.2. The maximum Gasteiger partial charge on any atom is 0.323 e. The van der Waals surface area contributed by atoms with Crippen LogP contribution in [0.1, 0.15) is 29.8 Å². The molecule has 0 aliphatic heterocycles. The summed E-state index contributed by atoms with van der Waals surface area (Å²) in [5.41, 5.74) is 1.37. The van der Waals surface area contributed by atoms with Crippen LogP contribution in [0, 0.1) is 5.92 Å². The summed E-state index contributed by atoms with van der Waals surface area (Å²) >= 11 is 0. The summed E-state index contributed by atoms with van der Waals surface area (Å²) < 4.78 is 4.82. The lowest BCUT2D eigenvalue weighted by atomic mass is 10.0. The van der Waals surface area contributed by atoms with E-state index in [0.29, 0.717) is 12.0 Å². The van der Waals surface area contributed by atoms with Gasteiger partial charge in [-0.15, -0.1) is 0 Å². The van der Waals surface area contributed by atoms with Crippen molar-refractivity contribution in [2.45, 2.75) is 32.4 Å². The van der Waals surface area contributed by atoms with Crippen LogP contribution in [0.25, 0.3) is 0 Å². The third-order valence-electron chi connectivity index (χ3n) is 5.05. The molecule has 0 fully saturated rings. The van der Waals surface area contributed by atoms with Crippen molar-refractivity contribution in [3.05, 3.63) is 71.8 Å². The smallest absolute Gasteiger partial charge is 0.323 e. The molecule has 0 aromatic heterocycles. The van der Waals surface area contributed by atoms with Gasteiger partial charge in [0, 0.05) is 5.56 Å². The number of amides is 2. The molecule has 0 saturated carbocycles. The molecule has 3 N–H and O–H groups in total. The fraction of sp³-hybridized carbons (Fsp3) is 0.360. The molecule has 0 heterocycles. The van der Waals surface area contributed by atoms with Gasteiger partial charge in [-0.2, -0.15) is 0 Å². The number of ether oxygens (including phenoxy) is 1. The summed E-state index contributed by atoms with van der Waals surface area (Å²) in [6.45, 7) is 3.28. The highest BCUT2D eigenvalue weighted by Crippen LogP contribution is 2.06. The number of methoxy groups -OCH3 is 1. The van der Waals surface area contributed by atoms with Crippen LogP contribution in [0.15, 0.2) is 60.7 Å². The Morgan fingerprint density at radius 3 is 2.06 bits per heavy atom. The van der Waals surface area contributed by atoms with Crippen molar-refractivity contribution in [1.82, 2.24) is 16.0 Å². The minimum atomic E-state index is -0.792. The zero-order valence-corrected chi connectivity index (χ0v) is 19.2. The Bertz CT molecular complexity index is 932. The number of hydrogen-bond acceptors (Lipinski definition) is 6. The molecule has 0 aliphatic carbocycles. The quantitative estimate of drug-likeness (QED) is 0.420. The molecule has 2 atom stereocenters. The molecule has 2 rings (SSSR count). The van der Waals surface area contributed by atoms with Crippen LogP contribution in [0.3, 0.4) is 0 Å². The second-order valence-electron chi connectivity index (χ2n) is 7.96. The van der Waals surface area contributed by atoms with Gasteiger partial charge in [-0.05, 0) is 30.0 Å². The van der Waals surface area contributed by atoms with Gasteiger partial charge in [0.1, 0.15) is 12.1 Å². The predicted molar refractivity (Wildman–Crippen MR) is 125 cm³/mol. The first-order valence-electron chi connectivity index (χ1n) is 10.8. The average Bonchev–Trinajstić information content (AvgIpc) is 2.83. The molecule has 176 valence electrons. The van der Waals surface area contributed by atoms with Gasteiger partial charge in [0.15, 0.2) is 5.78 Å². The van der Waals surface area contributed by atoms with Gasteiger partial charge in [0.25, 0.3) is 5.91 Å². The van der Waals surface area contributed by atoms with E-state index in [2.05, 4.69) is 16.0 Å². The highest BCUT2D eigenvalue weighted by molar-refractivity contribution is 5.98. The summed E-state index contributed by atoms with van der Waals surface area (Å²) in [6.07, 6.45) is 0.369. The molecule has 8 nitrogen and oxygen atoms in total. The van der Waals surface area contributed by atoms with Crippen molar-refractivity contribution >= 4 is 23.6 Å². The standard InChI is InChI=1S/C25H31N3O5/c1-17(2)22(28-23(30)19-12-8-5-9-13-19)24(31)27-16-20(29)15-26-21(25(32)33-3)14-18-10-6-4-7-11-18/h4-13,17,21-22,26H,14-16H2,1-3H3,(H,27,31)(H,28,30)/t21-,22-/m0/s1. The summed E-state index contributed by atoms with van der Waals surface area (Å²) in [5.74, 6) is -1.77. The Morgan fingerprint density at radius 2 is 1.48 bits per heavy atom. The minimum absolute atomic E-state index is 0.115. The molecule has 2 aromatic carbocycles. The average molecular weight is 454 g/mol. The van der Waals surface area contributed by atoms with Crippen molar-refractivity contribution in [2.75, 3.05) is 20.2 Å². The van der Waals surface area contributed by atoms with E-state index in [0.717, 1.165) is 5.56 Å². The fourth-order valence-electron chi connectivity index (χ4n) is 3.18. The third-order valence-corrected chi connectivity index (χ3v) is 5.05. The summed E-state index contributed by atoms with van der Waals surface area (Å²) in [5, 5.41) is 8.20. The Kier molecular flexibility index (Phi) is 10.2. The molecule has 0 spiro atoms. The Labute approximate surface area is 194 Å². The number of carbonyl (C=O) groups excluding carboxylic acids is 4. The van der Waals surface area contributed by atoms with Crippen molar-refractivity contribution in [3.8, 4) is 0 Å². The highest BCUT2D eigenvalue weighted by atomic mass is 16.5. The summed E-state index contributed by atoms with van der Waals surface area (Å²) in [4.78, 5) is 49.4. The van der Waals surface area contributed by atoms with E-state index in [-0.39, 0.29) is 30.7 Å². The van der Waals surface area contributed by atoms with Gasteiger partial charge in [-0.25, -0.2) is 0 Å². The van der Waals surface area contributed by atoms with Crippen LogP contribution < -0.4 is 16.0 Å². The van der Waals surface area contributed by atoms with Crippen LogP contribution in [0.4, 0.5) is 0 Å². The van der Waals surface area contributed by atoms with E-state index in [1.165, 1.54) is 7.11 Å². The van der Waals surface area contributed by atoms with E-state index in [4.69, 9.17) is 4.74 Å². The lowest BCUT2D eigenvalue weighted by molar-refractivity contribution is -0.143. The SMILES string of the molecule is COC(=O)[C@H](Cc1ccccc1)NCC(=O)CNC(=O)[C@@H](NC(=O)c1ccccc1)C(C)C. The molecular weight excluding hydrogens is 422 g/mol. The molecule has 33 heavy (non-hydrogen) atoms. The molecule has 8 heteroatoms. The molecule has 0 aliphatic rings. The first-order chi connectivity index (χ1) is 15.8. The Hall–Kier alpha value is -3.52. The number of rotatable bonds is 12. The van der Waals surface area contributed by atoms with Crippen molar-refractivity contribution in [1.29, 1.82) is 0 Å². The third kappa shape index (κ3) is 8.50. The van der Waals surface area contributed by atoms with Crippen molar-refractivity contribution in [2.24, 2.45) is 5.92 Å². The molecule has 2 amide bonds. The van der Waals surface area contributed by atoms with E-state index in [9.17, 15) is 19.2 Å². The van der Waals surface area contributed by atoms with Crippen LogP contribution in [0.5, 0.6) is 0 Å².